The van der Waals surface area contributed by atoms with Crippen LogP contribution in [-0.2, 0) is 11.3 Å². The third kappa shape index (κ3) is 5.50. The van der Waals surface area contributed by atoms with Gasteiger partial charge in [-0.1, -0.05) is 24.8 Å². The molecule has 4 aromatic heterocycles. The quantitative estimate of drug-likeness (QED) is 0.265. The molecule has 0 radical (unpaired) electrons. The van der Waals surface area contributed by atoms with Gasteiger partial charge in [0.25, 0.3) is 0 Å². The van der Waals surface area contributed by atoms with Gasteiger partial charge < -0.3 is 16.0 Å². The van der Waals surface area contributed by atoms with Gasteiger partial charge >= 0.3 is 0 Å². The molecule has 0 unspecified atom stereocenters. The summed E-state index contributed by atoms with van der Waals surface area (Å²) in [6.45, 7) is 6.17. The maximum absolute atomic E-state index is 11.9. The highest BCUT2D eigenvalue weighted by molar-refractivity contribution is 5.87. The van der Waals surface area contributed by atoms with E-state index in [9.17, 15) is 9.59 Å². The molecule has 5 aromatic rings. The van der Waals surface area contributed by atoms with E-state index in [1.54, 1.807) is 12.3 Å². The number of amides is 1. The van der Waals surface area contributed by atoms with Crippen molar-refractivity contribution in [3.63, 3.8) is 0 Å². The third-order valence-corrected chi connectivity index (χ3v) is 7.35. The Morgan fingerprint density at radius 3 is 2.59 bits per heavy atom. The van der Waals surface area contributed by atoms with Crippen LogP contribution in [0.5, 0.6) is 0 Å². The Bertz CT molecular complexity index is 1780. The minimum atomic E-state index is -0.192. The number of hydrogen-bond donors (Lipinski definition) is 3. The van der Waals surface area contributed by atoms with Crippen LogP contribution in [0.15, 0.2) is 90.4 Å². The molecule has 0 bridgehead atoms. The summed E-state index contributed by atoms with van der Waals surface area (Å²) in [5.74, 6) is 0.895. The van der Waals surface area contributed by atoms with Crippen LogP contribution < -0.4 is 16.6 Å². The van der Waals surface area contributed by atoms with E-state index in [0.717, 1.165) is 38.2 Å². The highest BCUT2D eigenvalue weighted by Gasteiger charge is 2.21. The van der Waals surface area contributed by atoms with E-state index in [1.807, 2.05) is 34.9 Å². The van der Waals surface area contributed by atoms with Crippen molar-refractivity contribution in [2.24, 2.45) is 0 Å². The van der Waals surface area contributed by atoms with E-state index in [2.05, 4.69) is 51.0 Å². The van der Waals surface area contributed by atoms with Crippen molar-refractivity contribution in [1.29, 1.82) is 0 Å². The SMILES string of the molecule is C=CC(=O)NC1CCN(Cc2ccc(-n3c(-c4cccnc4N)nc4ccc(-c5cccc(=O)[nH]5)nc43)cc2)CC1. The van der Waals surface area contributed by atoms with Crippen molar-refractivity contribution >= 4 is 22.9 Å². The number of nitrogens with one attached hydrogen (secondary N) is 2. The Morgan fingerprint density at radius 1 is 1.05 bits per heavy atom. The molecule has 41 heavy (non-hydrogen) atoms. The number of hydrogen-bond acceptors (Lipinski definition) is 7. The van der Waals surface area contributed by atoms with Crippen molar-refractivity contribution in [2.45, 2.75) is 25.4 Å². The highest BCUT2D eigenvalue weighted by Crippen LogP contribution is 2.31. The van der Waals surface area contributed by atoms with E-state index >= 15 is 0 Å². The van der Waals surface area contributed by atoms with E-state index in [-0.39, 0.29) is 17.5 Å². The van der Waals surface area contributed by atoms with Gasteiger partial charge in [0.15, 0.2) is 11.5 Å². The maximum Gasteiger partial charge on any atom is 0.248 e. The highest BCUT2D eigenvalue weighted by atomic mass is 16.1. The van der Waals surface area contributed by atoms with Crippen molar-refractivity contribution < 1.29 is 4.79 Å². The molecule has 10 heteroatoms. The summed E-state index contributed by atoms with van der Waals surface area (Å²) in [6.07, 6.45) is 4.80. The molecule has 1 aromatic carbocycles. The molecule has 0 aliphatic carbocycles. The molecule has 0 saturated carbocycles. The number of benzene rings is 1. The van der Waals surface area contributed by atoms with Crippen molar-refractivity contribution in [3.8, 4) is 28.5 Å². The zero-order chi connectivity index (χ0) is 28.3. The predicted octanol–water partition coefficient (Wildman–Crippen LogP) is 3.69. The van der Waals surface area contributed by atoms with Gasteiger partial charge in [-0.15, -0.1) is 0 Å². The Balaban J connectivity index is 1.33. The number of fused-ring (bicyclic) bond motifs is 1. The molecule has 1 fully saturated rings. The zero-order valence-electron chi connectivity index (χ0n) is 22.5. The normalized spacial score (nSPS) is 14.2. The number of aromatic amines is 1. The Labute approximate surface area is 236 Å². The van der Waals surface area contributed by atoms with Crippen molar-refractivity contribution in [3.05, 3.63) is 101 Å². The minimum absolute atomic E-state index is 0.114. The first-order chi connectivity index (χ1) is 20.0. The van der Waals surface area contributed by atoms with E-state index < -0.39 is 0 Å². The first-order valence-electron chi connectivity index (χ1n) is 13.5. The summed E-state index contributed by atoms with van der Waals surface area (Å²) in [6, 6.07) is 21.0. The summed E-state index contributed by atoms with van der Waals surface area (Å²) in [4.78, 5) is 42.9. The molecule has 10 nitrogen and oxygen atoms in total. The molecule has 0 spiro atoms. The first kappa shape index (κ1) is 26.1. The van der Waals surface area contributed by atoms with Crippen molar-refractivity contribution in [1.82, 2.24) is 34.7 Å². The van der Waals surface area contributed by atoms with E-state index in [4.69, 9.17) is 15.7 Å². The number of imidazole rings is 1. The van der Waals surface area contributed by atoms with Crippen molar-refractivity contribution in [2.75, 3.05) is 18.8 Å². The number of nitrogens with zero attached hydrogens (tertiary/aromatic N) is 5. The lowest BCUT2D eigenvalue weighted by Crippen LogP contribution is -2.43. The Kier molecular flexibility index (Phi) is 7.13. The average molecular weight is 547 g/mol. The van der Waals surface area contributed by atoms with Crippen LogP contribution in [0.25, 0.3) is 39.6 Å². The van der Waals surface area contributed by atoms with Gasteiger partial charge in [0.1, 0.15) is 11.3 Å². The average Bonchev–Trinajstić information content (AvgIpc) is 3.37. The summed E-state index contributed by atoms with van der Waals surface area (Å²) in [5.41, 5.74) is 11.4. The van der Waals surface area contributed by atoms with Crippen LogP contribution >= 0.6 is 0 Å². The number of H-pyrrole nitrogens is 1. The van der Waals surface area contributed by atoms with Gasteiger partial charge in [-0.05, 0) is 66.9 Å². The fourth-order valence-corrected chi connectivity index (χ4v) is 5.24. The molecule has 0 atom stereocenters. The number of rotatable bonds is 7. The number of aromatic nitrogens is 5. The topological polar surface area (TPSA) is 135 Å². The number of anilines is 1. The van der Waals surface area contributed by atoms with Gasteiger partial charge in [-0.2, -0.15) is 0 Å². The maximum atomic E-state index is 11.9. The smallest absolute Gasteiger partial charge is 0.248 e. The number of pyridine rings is 3. The largest absolute Gasteiger partial charge is 0.383 e. The summed E-state index contributed by atoms with van der Waals surface area (Å²) < 4.78 is 1.98. The van der Waals surface area contributed by atoms with Gasteiger partial charge in [-0.25, -0.2) is 15.0 Å². The fraction of sp³-hybridized carbons (Fsp3) is 0.194. The summed E-state index contributed by atoms with van der Waals surface area (Å²) >= 11 is 0. The second kappa shape index (κ2) is 11.2. The van der Waals surface area contributed by atoms with Crippen LogP contribution in [0.4, 0.5) is 5.82 Å². The van der Waals surface area contributed by atoms with Crippen LogP contribution in [0.1, 0.15) is 18.4 Å². The van der Waals surface area contributed by atoms with Gasteiger partial charge in [0, 0.05) is 43.6 Å². The lowest BCUT2D eigenvalue weighted by atomic mass is 10.0. The van der Waals surface area contributed by atoms with Crippen LogP contribution in [0, 0.1) is 0 Å². The lowest BCUT2D eigenvalue weighted by molar-refractivity contribution is -0.117. The fourth-order valence-electron chi connectivity index (χ4n) is 5.24. The summed E-state index contributed by atoms with van der Waals surface area (Å²) in [7, 11) is 0. The number of carbonyl (C=O) groups is 1. The second-order valence-corrected chi connectivity index (χ2v) is 10.1. The molecule has 4 N–H and O–H groups in total. The molecule has 6 rings (SSSR count). The van der Waals surface area contributed by atoms with Gasteiger partial charge in [0.05, 0.1) is 17.0 Å². The van der Waals surface area contributed by atoms with E-state index in [1.165, 1.54) is 17.7 Å². The monoisotopic (exact) mass is 546 g/mol. The van der Waals surface area contributed by atoms with Crippen LogP contribution in [-0.4, -0.2) is 54.4 Å². The number of nitrogens with two attached hydrogens (primary N) is 1. The molecule has 5 heterocycles. The number of likely N-dealkylation sites (tertiary alicyclic amines) is 1. The van der Waals surface area contributed by atoms with Crippen LogP contribution in [0.3, 0.4) is 0 Å². The molecule has 1 aliphatic rings. The van der Waals surface area contributed by atoms with Gasteiger partial charge in [0.2, 0.25) is 11.5 Å². The Morgan fingerprint density at radius 2 is 1.85 bits per heavy atom. The van der Waals surface area contributed by atoms with Crippen LogP contribution in [0.2, 0.25) is 0 Å². The number of nitrogen functional groups attached to an aromatic ring is 1. The predicted molar refractivity (Wildman–Crippen MR) is 159 cm³/mol. The summed E-state index contributed by atoms with van der Waals surface area (Å²) in [5, 5.41) is 3.00. The molecule has 1 aliphatic heterocycles. The third-order valence-electron chi connectivity index (χ3n) is 7.35. The second-order valence-electron chi connectivity index (χ2n) is 10.1. The molecular formula is C31H30N8O2. The Hall–Kier alpha value is -5.09. The molecule has 1 saturated heterocycles. The van der Waals surface area contributed by atoms with E-state index in [0.29, 0.717) is 39.8 Å². The molecular weight excluding hydrogens is 516 g/mol. The lowest BCUT2D eigenvalue weighted by Gasteiger charge is -2.32. The molecule has 1 amide bonds. The zero-order valence-corrected chi connectivity index (χ0v) is 22.5. The molecule has 206 valence electrons. The van der Waals surface area contributed by atoms with Gasteiger partial charge in [-0.3, -0.25) is 19.1 Å². The minimum Gasteiger partial charge on any atom is -0.383 e. The number of carbonyl (C=O) groups excluding carboxylic acids is 1. The standard InChI is InChI=1S/C31H30N8O2/c1-2-27(40)34-21-14-17-38(18-15-21)19-20-8-10-22(11-9-20)39-30(23-5-4-16-33-29(23)32)37-26-13-12-25(36-31(26)39)24-6-3-7-28(41)35-24/h2-13,16,21H,1,14-15,17-19H2,(H2,32,33)(H,34,40)(H,35,41). The first-order valence-corrected chi connectivity index (χ1v) is 13.5. The number of piperidine rings is 1.